The molecule has 0 amide bonds. The molecule has 1 heterocycles. The maximum atomic E-state index is 6.41. The molecule has 0 aromatic heterocycles. The van der Waals surface area contributed by atoms with Crippen molar-refractivity contribution in [3.8, 4) is 5.75 Å². The summed E-state index contributed by atoms with van der Waals surface area (Å²) in [6.45, 7) is 0.979. The molecule has 110 valence electrons. The largest absolute Gasteiger partial charge is 0.489 e. The van der Waals surface area contributed by atoms with E-state index >= 15 is 0 Å². The predicted molar refractivity (Wildman–Crippen MR) is 92.0 cm³/mol. The van der Waals surface area contributed by atoms with Crippen LogP contribution in [0, 0.1) is 0 Å². The highest BCUT2D eigenvalue weighted by molar-refractivity contribution is 8.03. The van der Waals surface area contributed by atoms with Crippen LogP contribution in [0.2, 0.25) is 0 Å². The smallest absolute Gasteiger partial charge is 0.127 e. The third kappa shape index (κ3) is 3.42. The Bertz CT molecular complexity index is 612. The first-order valence-corrected chi connectivity index (χ1v) is 8.42. The summed E-state index contributed by atoms with van der Waals surface area (Å²) in [5.41, 5.74) is 0. The van der Waals surface area contributed by atoms with Crippen LogP contribution in [0.25, 0.3) is 10.8 Å². The summed E-state index contributed by atoms with van der Waals surface area (Å²) in [7, 11) is 2.00. The van der Waals surface area contributed by atoms with Crippen LogP contribution in [0.15, 0.2) is 53.9 Å². The highest BCUT2D eigenvalue weighted by Crippen LogP contribution is 2.33. The van der Waals surface area contributed by atoms with E-state index in [1.165, 1.54) is 10.8 Å². The van der Waals surface area contributed by atoms with E-state index < -0.39 is 0 Å². The van der Waals surface area contributed by atoms with Crippen LogP contribution in [0.1, 0.15) is 12.8 Å². The van der Waals surface area contributed by atoms with Gasteiger partial charge in [-0.1, -0.05) is 42.5 Å². The Labute approximate surface area is 130 Å². The zero-order valence-electron chi connectivity index (χ0n) is 12.3. The molecule has 3 heteroatoms. The van der Waals surface area contributed by atoms with E-state index in [0.717, 1.165) is 25.1 Å². The number of hydrogen-bond acceptors (Lipinski definition) is 3. The summed E-state index contributed by atoms with van der Waals surface area (Å²) in [6.07, 6.45) is 4.61. The lowest BCUT2D eigenvalue weighted by Crippen LogP contribution is -2.31. The van der Waals surface area contributed by atoms with Gasteiger partial charge in [-0.3, -0.25) is 0 Å². The number of thioether (sulfide) groups is 1. The zero-order chi connectivity index (χ0) is 14.5. The minimum absolute atomic E-state index is 0.239. The van der Waals surface area contributed by atoms with E-state index in [1.54, 1.807) is 0 Å². The van der Waals surface area contributed by atoms with E-state index in [0.29, 0.717) is 5.25 Å². The second-order valence-corrected chi connectivity index (χ2v) is 6.46. The number of fused-ring (bicyclic) bond motifs is 1. The number of rotatable bonds is 6. The average molecular weight is 299 g/mol. The molecule has 0 saturated heterocycles. The van der Waals surface area contributed by atoms with Gasteiger partial charge in [0.2, 0.25) is 0 Å². The van der Waals surface area contributed by atoms with Crippen molar-refractivity contribution in [1.29, 1.82) is 0 Å². The molecular weight excluding hydrogens is 278 g/mol. The van der Waals surface area contributed by atoms with Crippen molar-refractivity contribution in [3.63, 3.8) is 0 Å². The summed E-state index contributed by atoms with van der Waals surface area (Å²) in [5.74, 6) is 1.00. The van der Waals surface area contributed by atoms with Crippen molar-refractivity contribution >= 4 is 22.5 Å². The standard InChI is InChI=1S/C18H21NOS/c1-19-12-11-17(18-10-5-13-21-18)20-16-9-4-7-14-6-2-3-8-15(14)16/h2-9,13,17-19H,10-12H2,1H3. The number of allylic oxidation sites excluding steroid dienone is 1. The van der Waals surface area contributed by atoms with Crippen LogP contribution in [-0.4, -0.2) is 24.9 Å². The first-order valence-electron chi connectivity index (χ1n) is 7.48. The second kappa shape index (κ2) is 7.01. The van der Waals surface area contributed by atoms with Gasteiger partial charge in [0.05, 0.1) is 0 Å². The maximum Gasteiger partial charge on any atom is 0.127 e. The summed E-state index contributed by atoms with van der Waals surface area (Å²) in [5, 5.41) is 8.39. The van der Waals surface area contributed by atoms with Gasteiger partial charge in [0.25, 0.3) is 0 Å². The van der Waals surface area contributed by atoms with Crippen LogP contribution >= 0.6 is 11.8 Å². The molecule has 0 saturated carbocycles. The quantitative estimate of drug-likeness (QED) is 0.863. The second-order valence-electron chi connectivity index (χ2n) is 5.31. The number of benzene rings is 2. The fraction of sp³-hybridized carbons (Fsp3) is 0.333. The third-order valence-corrected chi connectivity index (χ3v) is 5.03. The first-order chi connectivity index (χ1) is 10.4. The van der Waals surface area contributed by atoms with Gasteiger partial charge in [-0.2, -0.15) is 0 Å². The molecule has 0 bridgehead atoms. The highest BCUT2D eigenvalue weighted by atomic mass is 32.2. The van der Waals surface area contributed by atoms with Crippen molar-refractivity contribution in [2.45, 2.75) is 24.2 Å². The van der Waals surface area contributed by atoms with Gasteiger partial charge in [0.1, 0.15) is 11.9 Å². The predicted octanol–water partition coefficient (Wildman–Crippen LogP) is 4.22. The third-order valence-electron chi connectivity index (χ3n) is 3.84. The van der Waals surface area contributed by atoms with Gasteiger partial charge in [-0.15, -0.1) is 11.8 Å². The summed E-state index contributed by atoms with van der Waals surface area (Å²) < 4.78 is 6.41. The summed E-state index contributed by atoms with van der Waals surface area (Å²) in [6, 6.07) is 14.7. The van der Waals surface area contributed by atoms with Gasteiger partial charge in [-0.05, 0) is 43.3 Å². The minimum atomic E-state index is 0.239. The molecule has 2 aromatic rings. The fourth-order valence-corrected chi connectivity index (χ4v) is 3.72. The number of ether oxygens (including phenoxy) is 1. The van der Waals surface area contributed by atoms with Gasteiger partial charge in [0.15, 0.2) is 0 Å². The molecule has 2 aromatic carbocycles. The van der Waals surface area contributed by atoms with E-state index in [4.69, 9.17) is 4.74 Å². The normalized spacial score (nSPS) is 19.0. The van der Waals surface area contributed by atoms with Gasteiger partial charge >= 0.3 is 0 Å². The van der Waals surface area contributed by atoms with Crippen LogP contribution < -0.4 is 10.1 Å². The van der Waals surface area contributed by atoms with Gasteiger partial charge < -0.3 is 10.1 Å². The Hall–Kier alpha value is -1.45. The fourth-order valence-electron chi connectivity index (χ4n) is 2.71. The minimum Gasteiger partial charge on any atom is -0.489 e. The van der Waals surface area contributed by atoms with Gasteiger partial charge in [-0.25, -0.2) is 0 Å². The van der Waals surface area contributed by atoms with E-state index in [2.05, 4.69) is 59.3 Å². The Kier molecular flexibility index (Phi) is 4.84. The lowest BCUT2D eigenvalue weighted by Gasteiger charge is -2.25. The zero-order valence-corrected chi connectivity index (χ0v) is 13.1. The van der Waals surface area contributed by atoms with Crippen molar-refractivity contribution in [1.82, 2.24) is 5.32 Å². The number of hydrogen-bond donors (Lipinski definition) is 1. The van der Waals surface area contributed by atoms with Crippen molar-refractivity contribution in [2.24, 2.45) is 0 Å². The molecule has 0 spiro atoms. The van der Waals surface area contributed by atoms with Crippen LogP contribution in [0.5, 0.6) is 5.75 Å². The van der Waals surface area contributed by atoms with Crippen LogP contribution in [-0.2, 0) is 0 Å². The Morgan fingerprint density at radius 3 is 2.90 bits per heavy atom. The molecule has 1 N–H and O–H groups in total. The SMILES string of the molecule is CNCCC(Oc1cccc2ccccc12)C1CC=CS1. The molecule has 1 aliphatic rings. The Balaban J connectivity index is 1.83. The van der Waals surface area contributed by atoms with E-state index in [-0.39, 0.29) is 6.10 Å². The molecule has 0 radical (unpaired) electrons. The molecular formula is C18H21NOS. The summed E-state index contributed by atoms with van der Waals surface area (Å²) in [4.78, 5) is 0. The molecule has 2 atom stereocenters. The van der Waals surface area contributed by atoms with Gasteiger partial charge in [0, 0.05) is 10.6 Å². The molecule has 0 fully saturated rings. The molecule has 21 heavy (non-hydrogen) atoms. The Morgan fingerprint density at radius 1 is 1.24 bits per heavy atom. The topological polar surface area (TPSA) is 21.3 Å². The number of nitrogens with one attached hydrogen (secondary N) is 1. The monoisotopic (exact) mass is 299 g/mol. The molecule has 2 nitrogen and oxygen atoms in total. The molecule has 2 unspecified atom stereocenters. The van der Waals surface area contributed by atoms with E-state index in [9.17, 15) is 0 Å². The van der Waals surface area contributed by atoms with Crippen molar-refractivity contribution in [3.05, 3.63) is 53.9 Å². The molecule has 1 aliphatic heterocycles. The summed E-state index contributed by atoms with van der Waals surface area (Å²) >= 11 is 1.89. The first kappa shape index (κ1) is 14.5. The molecule has 0 aliphatic carbocycles. The highest BCUT2D eigenvalue weighted by Gasteiger charge is 2.24. The van der Waals surface area contributed by atoms with Crippen LogP contribution in [0.3, 0.4) is 0 Å². The molecule has 3 rings (SSSR count). The maximum absolute atomic E-state index is 6.41. The van der Waals surface area contributed by atoms with Crippen molar-refractivity contribution < 1.29 is 4.74 Å². The average Bonchev–Trinajstić information content (AvgIpc) is 3.06. The lowest BCUT2D eigenvalue weighted by molar-refractivity contribution is 0.191. The lowest BCUT2D eigenvalue weighted by atomic mass is 10.1. The van der Waals surface area contributed by atoms with Crippen molar-refractivity contribution in [2.75, 3.05) is 13.6 Å². The Morgan fingerprint density at radius 2 is 2.10 bits per heavy atom. The van der Waals surface area contributed by atoms with Crippen LogP contribution in [0.4, 0.5) is 0 Å². The van der Waals surface area contributed by atoms with E-state index in [1.807, 2.05) is 18.8 Å².